The van der Waals surface area contributed by atoms with Crippen molar-refractivity contribution in [1.29, 1.82) is 0 Å². The molecule has 1 aromatic carbocycles. The molecule has 1 aromatic rings. The monoisotopic (exact) mass is 312 g/mol. The molecule has 1 saturated carbocycles. The van der Waals surface area contributed by atoms with E-state index in [1.807, 2.05) is 0 Å². The second kappa shape index (κ2) is 6.01. The van der Waals surface area contributed by atoms with E-state index in [4.69, 9.17) is 0 Å². The van der Waals surface area contributed by atoms with Crippen LogP contribution in [0.25, 0.3) is 0 Å². The van der Waals surface area contributed by atoms with Gasteiger partial charge in [-0.2, -0.15) is 0 Å². The largest absolute Gasteiger partial charge is 0.381 e. The van der Waals surface area contributed by atoms with Crippen molar-refractivity contribution < 1.29 is 13.3 Å². The fraction of sp³-hybridized carbons (Fsp3) is 0.571. The van der Waals surface area contributed by atoms with Crippen molar-refractivity contribution in [3.63, 3.8) is 0 Å². The summed E-state index contributed by atoms with van der Waals surface area (Å²) in [5, 5.41) is 14.0. The van der Waals surface area contributed by atoms with Gasteiger partial charge in [0.15, 0.2) is 9.84 Å². The molecule has 0 saturated heterocycles. The maximum absolute atomic E-state index is 11.9. The Morgan fingerprint density at radius 1 is 1.24 bits per heavy atom. The van der Waals surface area contributed by atoms with Gasteiger partial charge >= 0.3 is 0 Å². The number of hydrogen-bond donors (Lipinski definition) is 1. The van der Waals surface area contributed by atoms with Gasteiger partial charge in [-0.1, -0.05) is 6.92 Å². The van der Waals surface area contributed by atoms with Gasteiger partial charge in [0.1, 0.15) is 0 Å². The normalized spacial score (nSPS) is 22.8. The summed E-state index contributed by atoms with van der Waals surface area (Å²) >= 11 is 0. The Morgan fingerprint density at radius 3 is 2.38 bits per heavy atom. The van der Waals surface area contributed by atoms with Crippen molar-refractivity contribution >= 4 is 21.2 Å². The summed E-state index contributed by atoms with van der Waals surface area (Å²) < 4.78 is 23.7. The lowest BCUT2D eigenvalue weighted by molar-refractivity contribution is -0.385. The van der Waals surface area contributed by atoms with E-state index in [9.17, 15) is 18.5 Å². The van der Waals surface area contributed by atoms with Crippen LogP contribution < -0.4 is 5.32 Å². The van der Waals surface area contributed by atoms with Crippen LogP contribution in [0.3, 0.4) is 0 Å². The maximum atomic E-state index is 11.9. The molecule has 0 atom stereocenters. The van der Waals surface area contributed by atoms with Crippen molar-refractivity contribution in [3.05, 3.63) is 28.3 Å². The van der Waals surface area contributed by atoms with Gasteiger partial charge in [0.2, 0.25) is 0 Å². The Balaban J connectivity index is 2.28. The second-order valence-corrected chi connectivity index (χ2v) is 7.80. The molecule has 0 bridgehead atoms. The van der Waals surface area contributed by atoms with E-state index in [1.54, 1.807) is 0 Å². The summed E-state index contributed by atoms with van der Waals surface area (Å²) in [6.07, 6.45) is 5.26. The van der Waals surface area contributed by atoms with Crippen LogP contribution in [-0.4, -0.2) is 25.6 Å². The SMILES string of the molecule is CC1CCC(Nc2ccc([N+](=O)[O-])cc2S(C)(=O)=O)CC1. The third kappa shape index (κ3) is 3.93. The highest BCUT2D eigenvalue weighted by molar-refractivity contribution is 7.90. The first-order valence-electron chi connectivity index (χ1n) is 7.02. The van der Waals surface area contributed by atoms with Crippen LogP contribution in [0, 0.1) is 16.0 Å². The zero-order chi connectivity index (χ0) is 15.6. The number of nitrogens with zero attached hydrogens (tertiary/aromatic N) is 1. The van der Waals surface area contributed by atoms with Gasteiger partial charge in [-0.05, 0) is 37.7 Å². The average Bonchev–Trinajstić information content (AvgIpc) is 2.40. The lowest BCUT2D eigenvalue weighted by Crippen LogP contribution is -2.26. The summed E-state index contributed by atoms with van der Waals surface area (Å²) in [5.74, 6) is 0.703. The molecular formula is C14H20N2O4S. The molecule has 6 nitrogen and oxygen atoms in total. The molecule has 0 spiro atoms. The van der Waals surface area contributed by atoms with E-state index >= 15 is 0 Å². The second-order valence-electron chi connectivity index (χ2n) is 5.81. The number of anilines is 1. The van der Waals surface area contributed by atoms with Crippen LogP contribution in [0.2, 0.25) is 0 Å². The third-order valence-electron chi connectivity index (χ3n) is 3.95. The third-order valence-corrected chi connectivity index (χ3v) is 5.09. The van der Waals surface area contributed by atoms with Gasteiger partial charge < -0.3 is 5.32 Å². The molecule has 1 fully saturated rings. The highest BCUT2D eigenvalue weighted by Gasteiger charge is 2.22. The molecule has 0 amide bonds. The van der Waals surface area contributed by atoms with Crippen LogP contribution in [-0.2, 0) is 9.84 Å². The predicted molar refractivity (Wildman–Crippen MR) is 81.2 cm³/mol. The molecule has 2 rings (SSSR count). The van der Waals surface area contributed by atoms with E-state index < -0.39 is 14.8 Å². The van der Waals surface area contributed by atoms with Crippen molar-refractivity contribution in [1.82, 2.24) is 0 Å². The molecule has 116 valence electrons. The minimum atomic E-state index is -3.52. The lowest BCUT2D eigenvalue weighted by atomic mass is 9.87. The average molecular weight is 312 g/mol. The summed E-state index contributed by atoms with van der Waals surface area (Å²) in [6.45, 7) is 2.21. The van der Waals surface area contributed by atoms with Crippen molar-refractivity contribution in [3.8, 4) is 0 Å². The van der Waals surface area contributed by atoms with Crippen LogP contribution in [0.1, 0.15) is 32.6 Å². The number of nitro benzene ring substituents is 1. The molecule has 0 radical (unpaired) electrons. The Morgan fingerprint density at radius 2 is 1.86 bits per heavy atom. The Bertz CT molecular complexity index is 634. The lowest BCUT2D eigenvalue weighted by Gasteiger charge is -2.28. The predicted octanol–water partition coefficient (Wildman–Crippen LogP) is 2.99. The highest BCUT2D eigenvalue weighted by atomic mass is 32.2. The molecular weight excluding hydrogens is 292 g/mol. The summed E-state index contributed by atoms with van der Waals surface area (Å²) in [4.78, 5) is 10.2. The van der Waals surface area contributed by atoms with E-state index in [0.717, 1.165) is 38.0 Å². The number of sulfone groups is 1. The Hall–Kier alpha value is -1.63. The number of non-ortho nitro benzene ring substituents is 1. The van der Waals surface area contributed by atoms with Gasteiger partial charge in [-0.3, -0.25) is 10.1 Å². The molecule has 0 aliphatic heterocycles. The van der Waals surface area contributed by atoms with Crippen molar-refractivity contribution in [2.45, 2.75) is 43.5 Å². The quantitative estimate of drug-likeness (QED) is 0.682. The summed E-state index contributed by atoms with van der Waals surface area (Å²) in [5.41, 5.74) is 0.251. The molecule has 1 aliphatic carbocycles. The van der Waals surface area contributed by atoms with Crippen LogP contribution in [0.4, 0.5) is 11.4 Å². The molecule has 21 heavy (non-hydrogen) atoms. The topological polar surface area (TPSA) is 89.3 Å². The molecule has 1 N–H and O–H groups in total. The zero-order valence-corrected chi connectivity index (χ0v) is 13.0. The van der Waals surface area contributed by atoms with Gasteiger partial charge in [-0.25, -0.2) is 8.42 Å². The molecule has 1 aliphatic rings. The first kappa shape index (κ1) is 15.8. The first-order valence-corrected chi connectivity index (χ1v) is 8.91. The minimum absolute atomic E-state index is 0.00433. The smallest absolute Gasteiger partial charge is 0.270 e. The van der Waals surface area contributed by atoms with Crippen LogP contribution in [0.5, 0.6) is 0 Å². The standard InChI is InChI=1S/C14H20N2O4S/c1-10-3-5-11(6-4-10)15-13-8-7-12(16(17)18)9-14(13)21(2,19)20/h7-11,15H,3-6H2,1-2H3. The Labute approximate surface area is 124 Å². The Kier molecular flexibility index (Phi) is 4.51. The number of benzene rings is 1. The van der Waals surface area contributed by atoms with Gasteiger partial charge in [0.05, 0.1) is 15.5 Å². The fourth-order valence-electron chi connectivity index (χ4n) is 2.67. The van der Waals surface area contributed by atoms with Crippen molar-refractivity contribution in [2.24, 2.45) is 5.92 Å². The van der Waals surface area contributed by atoms with E-state index in [-0.39, 0.29) is 16.6 Å². The number of nitro groups is 1. The zero-order valence-electron chi connectivity index (χ0n) is 12.2. The van der Waals surface area contributed by atoms with E-state index in [0.29, 0.717) is 11.6 Å². The fourth-order valence-corrected chi connectivity index (χ4v) is 3.54. The maximum Gasteiger partial charge on any atom is 0.270 e. The van der Waals surface area contributed by atoms with Crippen LogP contribution >= 0.6 is 0 Å². The van der Waals surface area contributed by atoms with Crippen LogP contribution in [0.15, 0.2) is 23.1 Å². The summed E-state index contributed by atoms with van der Waals surface area (Å²) in [7, 11) is -3.52. The van der Waals surface area contributed by atoms with E-state index in [1.165, 1.54) is 12.1 Å². The number of nitrogens with one attached hydrogen (secondary N) is 1. The van der Waals surface area contributed by atoms with Gasteiger partial charge in [0.25, 0.3) is 5.69 Å². The molecule has 0 heterocycles. The molecule has 0 aromatic heterocycles. The summed E-state index contributed by atoms with van der Waals surface area (Å²) in [6, 6.07) is 4.18. The number of hydrogen-bond acceptors (Lipinski definition) is 5. The van der Waals surface area contributed by atoms with Crippen molar-refractivity contribution in [2.75, 3.05) is 11.6 Å². The van der Waals surface area contributed by atoms with Gasteiger partial charge in [-0.15, -0.1) is 0 Å². The highest BCUT2D eigenvalue weighted by Crippen LogP contribution is 2.30. The molecule has 0 unspecified atom stereocenters. The van der Waals surface area contributed by atoms with E-state index in [2.05, 4.69) is 12.2 Å². The molecule has 7 heteroatoms. The number of rotatable bonds is 4. The first-order chi connectivity index (χ1) is 9.77. The van der Waals surface area contributed by atoms with Gasteiger partial charge in [0, 0.05) is 24.4 Å². The minimum Gasteiger partial charge on any atom is -0.381 e.